The van der Waals surface area contributed by atoms with Gasteiger partial charge in [-0.25, -0.2) is 9.78 Å². The van der Waals surface area contributed by atoms with Gasteiger partial charge in [-0.15, -0.1) is 0 Å². The molecule has 24 heavy (non-hydrogen) atoms. The maximum atomic E-state index is 12.4. The molecule has 0 aliphatic carbocycles. The second-order valence-corrected chi connectivity index (χ2v) is 5.69. The predicted molar refractivity (Wildman–Crippen MR) is 86.6 cm³/mol. The van der Waals surface area contributed by atoms with Crippen LogP contribution in [0.4, 0.5) is 5.69 Å². The molecule has 1 unspecified atom stereocenters. The van der Waals surface area contributed by atoms with E-state index in [0.717, 1.165) is 16.6 Å². The number of ether oxygens (including phenoxy) is 1. The van der Waals surface area contributed by atoms with Crippen LogP contribution in [0.3, 0.4) is 0 Å². The number of nitrogens with one attached hydrogen (secondary N) is 2. The van der Waals surface area contributed by atoms with Gasteiger partial charge in [0.1, 0.15) is 0 Å². The van der Waals surface area contributed by atoms with Crippen LogP contribution in [0, 0.1) is 6.92 Å². The van der Waals surface area contributed by atoms with E-state index in [1.165, 1.54) is 6.20 Å². The molecule has 1 atom stereocenters. The van der Waals surface area contributed by atoms with E-state index >= 15 is 0 Å². The summed E-state index contributed by atoms with van der Waals surface area (Å²) in [5.74, 6) is -0.851. The summed E-state index contributed by atoms with van der Waals surface area (Å²) in [5.41, 5.74) is 3.31. The molecule has 0 saturated carbocycles. The summed E-state index contributed by atoms with van der Waals surface area (Å²) in [5, 5.41) is 10.5. The topological polar surface area (TPSA) is 97.0 Å². The normalized spacial score (nSPS) is 16.5. The molecule has 7 nitrogen and oxygen atoms in total. The van der Waals surface area contributed by atoms with Crippen molar-refractivity contribution in [2.24, 2.45) is 0 Å². The van der Waals surface area contributed by atoms with E-state index in [0.29, 0.717) is 23.3 Å². The van der Waals surface area contributed by atoms with Crippen LogP contribution in [-0.4, -0.2) is 33.2 Å². The van der Waals surface area contributed by atoms with E-state index in [1.807, 2.05) is 19.1 Å². The van der Waals surface area contributed by atoms with E-state index in [4.69, 9.17) is 4.74 Å². The lowest BCUT2D eigenvalue weighted by molar-refractivity contribution is -0.125. The minimum atomic E-state index is -0.853. The molecule has 2 N–H and O–H groups in total. The number of carbonyl (C=O) groups excluding carboxylic acids is 2. The van der Waals surface area contributed by atoms with Gasteiger partial charge in [0.15, 0.2) is 11.8 Å². The van der Waals surface area contributed by atoms with Crippen LogP contribution < -0.4 is 5.32 Å². The summed E-state index contributed by atoms with van der Waals surface area (Å²) in [6.45, 7) is 1.88. The minimum Gasteiger partial charge on any atom is -0.448 e. The van der Waals surface area contributed by atoms with Crippen molar-refractivity contribution in [1.29, 1.82) is 0 Å². The number of carbonyl (C=O) groups is 2. The lowest BCUT2D eigenvalue weighted by atomic mass is 9.98. The Kier molecular flexibility index (Phi) is 3.26. The third-order valence-electron chi connectivity index (χ3n) is 4.05. The number of anilines is 1. The molecule has 3 aromatic rings. The lowest BCUT2D eigenvalue weighted by Gasteiger charge is -2.23. The van der Waals surface area contributed by atoms with Crippen molar-refractivity contribution in [3.8, 4) is 0 Å². The Balaban J connectivity index is 1.56. The summed E-state index contributed by atoms with van der Waals surface area (Å²) in [6.07, 6.45) is 1.03. The Hall–Kier alpha value is -3.22. The molecule has 0 spiro atoms. The van der Waals surface area contributed by atoms with Crippen molar-refractivity contribution in [3.63, 3.8) is 0 Å². The van der Waals surface area contributed by atoms with Crippen molar-refractivity contribution in [2.45, 2.75) is 19.4 Å². The first kappa shape index (κ1) is 14.4. The minimum absolute atomic E-state index is 0.355. The molecule has 1 aromatic carbocycles. The van der Waals surface area contributed by atoms with Crippen molar-refractivity contribution >= 4 is 28.6 Å². The molecule has 1 aliphatic heterocycles. The third-order valence-corrected chi connectivity index (χ3v) is 4.05. The summed E-state index contributed by atoms with van der Waals surface area (Å²) in [6, 6.07) is 8.93. The molecule has 0 radical (unpaired) electrons. The molecule has 4 rings (SSSR count). The first-order valence-corrected chi connectivity index (χ1v) is 7.52. The zero-order chi connectivity index (χ0) is 16.7. The highest BCUT2D eigenvalue weighted by Crippen LogP contribution is 2.22. The average Bonchev–Trinajstić information content (AvgIpc) is 2.96. The van der Waals surface area contributed by atoms with E-state index in [-0.39, 0.29) is 5.91 Å². The van der Waals surface area contributed by atoms with Crippen molar-refractivity contribution in [1.82, 2.24) is 15.2 Å². The van der Waals surface area contributed by atoms with Gasteiger partial charge in [0.25, 0.3) is 5.91 Å². The van der Waals surface area contributed by atoms with E-state index in [1.54, 1.807) is 18.2 Å². The number of H-pyrrole nitrogens is 1. The SMILES string of the molecule is Cc1[nH]nc2ncc(NC(=O)C3Cc4ccccc4C(=O)O3)cc12. The highest BCUT2D eigenvalue weighted by Gasteiger charge is 2.31. The summed E-state index contributed by atoms with van der Waals surface area (Å²) < 4.78 is 5.25. The number of esters is 1. The van der Waals surface area contributed by atoms with Gasteiger partial charge >= 0.3 is 5.97 Å². The van der Waals surface area contributed by atoms with Crippen LogP contribution in [0.15, 0.2) is 36.5 Å². The van der Waals surface area contributed by atoms with Gasteiger partial charge < -0.3 is 10.1 Å². The standard InChI is InChI=1S/C17H14N4O3/c1-9-13-7-11(8-18-15(13)21-20-9)19-16(22)14-6-10-4-2-3-5-12(10)17(23)24-14/h2-5,7-8,14H,6H2,1H3,(H,19,22)(H,18,20,21). The van der Waals surface area contributed by atoms with Gasteiger partial charge in [0.2, 0.25) is 0 Å². The van der Waals surface area contributed by atoms with Crippen molar-refractivity contribution in [2.75, 3.05) is 5.32 Å². The molecule has 1 amide bonds. The molecule has 1 aliphatic rings. The van der Waals surface area contributed by atoms with Gasteiger partial charge in [0.05, 0.1) is 17.4 Å². The van der Waals surface area contributed by atoms with Crippen LogP contribution in [-0.2, 0) is 16.0 Å². The van der Waals surface area contributed by atoms with Crippen LogP contribution >= 0.6 is 0 Å². The number of benzene rings is 1. The second kappa shape index (κ2) is 5.45. The molecule has 0 saturated heterocycles. The van der Waals surface area contributed by atoms with Crippen molar-refractivity contribution in [3.05, 3.63) is 53.3 Å². The third kappa shape index (κ3) is 2.40. The average molecular weight is 322 g/mol. The predicted octanol–water partition coefficient (Wildman–Crippen LogP) is 1.99. The smallest absolute Gasteiger partial charge is 0.339 e. The number of fused-ring (bicyclic) bond motifs is 2. The fourth-order valence-corrected chi connectivity index (χ4v) is 2.79. The molecule has 2 aromatic heterocycles. The number of aromatic amines is 1. The maximum Gasteiger partial charge on any atom is 0.339 e. The van der Waals surface area contributed by atoms with E-state index in [2.05, 4.69) is 20.5 Å². The Morgan fingerprint density at radius 1 is 1.38 bits per heavy atom. The number of hydrogen-bond acceptors (Lipinski definition) is 5. The number of hydrogen-bond donors (Lipinski definition) is 2. The first-order chi connectivity index (χ1) is 11.6. The molecular formula is C17H14N4O3. The number of amides is 1. The second-order valence-electron chi connectivity index (χ2n) is 5.69. The van der Waals surface area contributed by atoms with E-state index < -0.39 is 12.1 Å². The van der Waals surface area contributed by atoms with Gasteiger partial charge in [0, 0.05) is 17.5 Å². The van der Waals surface area contributed by atoms with Gasteiger partial charge in [-0.3, -0.25) is 9.89 Å². The molecule has 3 heterocycles. The fraction of sp³-hybridized carbons (Fsp3) is 0.176. The van der Waals surface area contributed by atoms with E-state index in [9.17, 15) is 9.59 Å². The number of rotatable bonds is 2. The Bertz CT molecular complexity index is 963. The highest BCUT2D eigenvalue weighted by atomic mass is 16.5. The molecule has 120 valence electrons. The number of pyridine rings is 1. The highest BCUT2D eigenvalue weighted by molar-refractivity contribution is 6.00. The Morgan fingerprint density at radius 3 is 3.08 bits per heavy atom. The summed E-state index contributed by atoms with van der Waals surface area (Å²) >= 11 is 0. The zero-order valence-corrected chi connectivity index (χ0v) is 12.9. The number of cyclic esters (lactones) is 1. The largest absolute Gasteiger partial charge is 0.448 e. The summed E-state index contributed by atoms with van der Waals surface area (Å²) in [4.78, 5) is 28.6. The monoisotopic (exact) mass is 322 g/mol. The summed E-state index contributed by atoms with van der Waals surface area (Å²) in [7, 11) is 0. The molecule has 7 heteroatoms. The fourth-order valence-electron chi connectivity index (χ4n) is 2.79. The van der Waals surface area contributed by atoms with Crippen LogP contribution in [0.1, 0.15) is 21.6 Å². The molecular weight excluding hydrogens is 308 g/mol. The van der Waals surface area contributed by atoms with Crippen LogP contribution in [0.2, 0.25) is 0 Å². The Labute approximate surface area is 137 Å². The quantitative estimate of drug-likeness (QED) is 0.703. The number of aromatic nitrogens is 3. The molecule has 0 fully saturated rings. The van der Waals surface area contributed by atoms with Gasteiger partial charge in [-0.2, -0.15) is 5.10 Å². The number of nitrogens with zero attached hydrogens (tertiary/aromatic N) is 2. The lowest BCUT2D eigenvalue weighted by Crippen LogP contribution is -2.37. The zero-order valence-electron chi connectivity index (χ0n) is 12.9. The maximum absolute atomic E-state index is 12.4. The number of aryl methyl sites for hydroxylation is 1. The van der Waals surface area contributed by atoms with Crippen molar-refractivity contribution < 1.29 is 14.3 Å². The Morgan fingerprint density at radius 2 is 2.21 bits per heavy atom. The van der Waals surface area contributed by atoms with Crippen LogP contribution in [0.25, 0.3) is 11.0 Å². The van der Waals surface area contributed by atoms with Crippen LogP contribution in [0.5, 0.6) is 0 Å². The van der Waals surface area contributed by atoms with Gasteiger partial charge in [-0.1, -0.05) is 18.2 Å². The molecule has 0 bridgehead atoms. The first-order valence-electron chi connectivity index (χ1n) is 7.52. The van der Waals surface area contributed by atoms with Gasteiger partial charge in [-0.05, 0) is 24.6 Å².